The summed E-state index contributed by atoms with van der Waals surface area (Å²) in [6.07, 6.45) is 6.87. The highest BCUT2D eigenvalue weighted by Gasteiger charge is 2.34. The molecule has 1 aliphatic rings. The SMILES string of the molecule is CC(C)=CCCC(C)(O)CC(=O)O[C@H]1C[C@@H](C)CC[C@@H]1C(C)C. The number of allylic oxidation sites excluding steroid dienone is 2. The van der Waals surface area contributed by atoms with Crippen molar-refractivity contribution >= 4 is 5.97 Å². The lowest BCUT2D eigenvalue weighted by Crippen LogP contribution is -2.38. The minimum Gasteiger partial charge on any atom is -0.462 e. The second-order valence-electron chi connectivity index (χ2n) is 8.35. The third kappa shape index (κ3) is 7.52. The molecule has 0 aromatic carbocycles. The first-order chi connectivity index (χ1) is 10.6. The Hall–Kier alpha value is -0.830. The molecule has 0 bridgehead atoms. The van der Waals surface area contributed by atoms with Gasteiger partial charge in [0.2, 0.25) is 0 Å². The van der Waals surface area contributed by atoms with Gasteiger partial charge in [-0.25, -0.2) is 0 Å². The number of hydrogen-bond acceptors (Lipinski definition) is 3. The van der Waals surface area contributed by atoms with E-state index >= 15 is 0 Å². The lowest BCUT2D eigenvalue weighted by Gasteiger charge is -2.37. The summed E-state index contributed by atoms with van der Waals surface area (Å²) in [6, 6.07) is 0. The van der Waals surface area contributed by atoms with Gasteiger partial charge in [-0.1, -0.05) is 38.8 Å². The Labute approximate surface area is 142 Å². The molecule has 1 N–H and O–H groups in total. The lowest BCUT2D eigenvalue weighted by atomic mass is 9.75. The molecular formula is C20H36O3. The monoisotopic (exact) mass is 324 g/mol. The van der Waals surface area contributed by atoms with Crippen molar-refractivity contribution in [3.05, 3.63) is 11.6 Å². The van der Waals surface area contributed by atoms with Gasteiger partial charge in [0.25, 0.3) is 0 Å². The fourth-order valence-corrected chi connectivity index (χ4v) is 3.53. The molecule has 4 atom stereocenters. The fourth-order valence-electron chi connectivity index (χ4n) is 3.53. The summed E-state index contributed by atoms with van der Waals surface area (Å²) in [4.78, 5) is 12.3. The van der Waals surface area contributed by atoms with Gasteiger partial charge in [-0.05, 0) is 64.2 Å². The van der Waals surface area contributed by atoms with E-state index in [1.807, 2.05) is 13.8 Å². The molecule has 0 aliphatic heterocycles. The van der Waals surface area contributed by atoms with Crippen LogP contribution in [-0.2, 0) is 9.53 Å². The maximum absolute atomic E-state index is 12.3. The van der Waals surface area contributed by atoms with Crippen molar-refractivity contribution in [2.24, 2.45) is 17.8 Å². The fraction of sp³-hybridized carbons (Fsp3) is 0.850. The standard InChI is InChI=1S/C20H36O3/c1-14(2)8-7-11-20(6,22)13-19(21)23-18-12-16(5)9-10-17(18)15(3)4/h8,15-18,22H,7,9-13H2,1-6H3/t16-,17+,18-,20?/m0/s1. The lowest BCUT2D eigenvalue weighted by molar-refractivity contribution is -0.161. The van der Waals surface area contributed by atoms with Gasteiger partial charge < -0.3 is 9.84 Å². The highest BCUT2D eigenvalue weighted by atomic mass is 16.5. The summed E-state index contributed by atoms with van der Waals surface area (Å²) >= 11 is 0. The zero-order chi connectivity index (χ0) is 17.6. The molecule has 134 valence electrons. The Kier molecular flexibility index (Phi) is 7.79. The molecule has 0 aromatic rings. The van der Waals surface area contributed by atoms with Gasteiger partial charge >= 0.3 is 5.97 Å². The molecule has 0 heterocycles. The van der Waals surface area contributed by atoms with Crippen molar-refractivity contribution in [3.63, 3.8) is 0 Å². The van der Waals surface area contributed by atoms with Crippen molar-refractivity contribution in [1.29, 1.82) is 0 Å². The number of carbonyl (C=O) groups excluding carboxylic acids is 1. The largest absolute Gasteiger partial charge is 0.462 e. The maximum Gasteiger partial charge on any atom is 0.308 e. The van der Waals surface area contributed by atoms with E-state index in [0.717, 1.165) is 19.3 Å². The van der Waals surface area contributed by atoms with Crippen LogP contribution in [0.3, 0.4) is 0 Å². The molecule has 0 spiro atoms. The van der Waals surface area contributed by atoms with Crippen LogP contribution in [0.5, 0.6) is 0 Å². The van der Waals surface area contributed by atoms with Crippen LogP contribution in [0.4, 0.5) is 0 Å². The van der Waals surface area contributed by atoms with Gasteiger partial charge in [-0.15, -0.1) is 0 Å². The molecule has 1 aliphatic carbocycles. The summed E-state index contributed by atoms with van der Waals surface area (Å²) in [7, 11) is 0. The van der Waals surface area contributed by atoms with E-state index in [9.17, 15) is 9.90 Å². The second-order valence-corrected chi connectivity index (χ2v) is 8.35. The van der Waals surface area contributed by atoms with Gasteiger partial charge in [0.1, 0.15) is 6.10 Å². The molecule has 1 unspecified atom stereocenters. The van der Waals surface area contributed by atoms with Crippen LogP contribution in [-0.4, -0.2) is 22.8 Å². The Morgan fingerprint density at radius 2 is 2.00 bits per heavy atom. The summed E-state index contributed by atoms with van der Waals surface area (Å²) in [5.41, 5.74) is 0.246. The van der Waals surface area contributed by atoms with Crippen molar-refractivity contribution in [2.45, 2.75) is 91.8 Å². The number of ether oxygens (including phenoxy) is 1. The molecule has 23 heavy (non-hydrogen) atoms. The average molecular weight is 325 g/mol. The van der Waals surface area contributed by atoms with Gasteiger partial charge in [0, 0.05) is 0 Å². The van der Waals surface area contributed by atoms with E-state index in [1.165, 1.54) is 12.0 Å². The van der Waals surface area contributed by atoms with E-state index < -0.39 is 5.60 Å². The zero-order valence-electron chi connectivity index (χ0n) is 15.9. The molecule has 1 rings (SSSR count). The molecule has 3 nitrogen and oxygen atoms in total. The van der Waals surface area contributed by atoms with Gasteiger partial charge in [-0.2, -0.15) is 0 Å². The van der Waals surface area contributed by atoms with Gasteiger partial charge in [0.05, 0.1) is 12.0 Å². The number of aliphatic hydroxyl groups is 1. The van der Waals surface area contributed by atoms with Crippen LogP contribution in [0.15, 0.2) is 11.6 Å². The maximum atomic E-state index is 12.3. The smallest absolute Gasteiger partial charge is 0.308 e. The molecular weight excluding hydrogens is 288 g/mol. The van der Waals surface area contributed by atoms with Crippen LogP contribution in [0.1, 0.15) is 80.1 Å². The van der Waals surface area contributed by atoms with Crippen LogP contribution < -0.4 is 0 Å². The van der Waals surface area contributed by atoms with E-state index in [-0.39, 0.29) is 18.5 Å². The van der Waals surface area contributed by atoms with Gasteiger partial charge in [0.15, 0.2) is 0 Å². The zero-order valence-corrected chi connectivity index (χ0v) is 15.9. The summed E-state index contributed by atoms with van der Waals surface area (Å²) < 4.78 is 5.78. The van der Waals surface area contributed by atoms with Crippen LogP contribution in [0.25, 0.3) is 0 Å². The third-order valence-corrected chi connectivity index (χ3v) is 5.00. The summed E-state index contributed by atoms with van der Waals surface area (Å²) in [5, 5.41) is 10.4. The highest BCUT2D eigenvalue weighted by Crippen LogP contribution is 2.35. The molecule has 0 radical (unpaired) electrons. The van der Waals surface area contributed by atoms with Crippen LogP contribution in [0, 0.1) is 17.8 Å². The summed E-state index contributed by atoms with van der Waals surface area (Å²) in [6.45, 7) is 12.5. The number of rotatable bonds is 7. The van der Waals surface area contributed by atoms with Crippen molar-refractivity contribution in [3.8, 4) is 0 Å². The Morgan fingerprint density at radius 1 is 1.35 bits per heavy atom. The first-order valence-corrected chi connectivity index (χ1v) is 9.16. The topological polar surface area (TPSA) is 46.5 Å². The Morgan fingerprint density at radius 3 is 2.57 bits per heavy atom. The van der Waals surface area contributed by atoms with Gasteiger partial charge in [-0.3, -0.25) is 4.79 Å². The van der Waals surface area contributed by atoms with Crippen molar-refractivity contribution in [1.82, 2.24) is 0 Å². The second kappa shape index (κ2) is 8.86. The van der Waals surface area contributed by atoms with Crippen LogP contribution in [0.2, 0.25) is 0 Å². The van der Waals surface area contributed by atoms with E-state index in [4.69, 9.17) is 4.74 Å². The minimum absolute atomic E-state index is 0.0137. The third-order valence-electron chi connectivity index (χ3n) is 5.00. The normalized spacial score (nSPS) is 27.4. The van der Waals surface area contributed by atoms with Crippen molar-refractivity contribution in [2.75, 3.05) is 0 Å². The van der Waals surface area contributed by atoms with E-state index in [2.05, 4.69) is 26.8 Å². The molecule has 3 heteroatoms. The number of hydrogen-bond donors (Lipinski definition) is 1. The minimum atomic E-state index is -0.989. The summed E-state index contributed by atoms with van der Waals surface area (Å²) in [5.74, 6) is 1.34. The highest BCUT2D eigenvalue weighted by molar-refractivity contribution is 5.70. The molecule has 0 saturated heterocycles. The molecule has 1 saturated carbocycles. The van der Waals surface area contributed by atoms with E-state index in [1.54, 1.807) is 6.92 Å². The quantitative estimate of drug-likeness (QED) is 0.536. The van der Waals surface area contributed by atoms with Crippen LogP contribution >= 0.6 is 0 Å². The number of esters is 1. The predicted molar refractivity (Wildman–Crippen MR) is 95.1 cm³/mol. The van der Waals surface area contributed by atoms with E-state index in [0.29, 0.717) is 24.2 Å². The first-order valence-electron chi connectivity index (χ1n) is 9.16. The van der Waals surface area contributed by atoms with Crippen molar-refractivity contribution < 1.29 is 14.6 Å². The average Bonchev–Trinajstić information content (AvgIpc) is 2.36. The Bertz CT molecular complexity index is 405. The first kappa shape index (κ1) is 20.2. The predicted octanol–water partition coefficient (Wildman–Crippen LogP) is 4.88. The molecule has 0 aromatic heterocycles. The number of carbonyl (C=O) groups is 1. The Balaban J connectivity index is 2.54. The molecule has 0 amide bonds. The molecule has 1 fully saturated rings.